The van der Waals surface area contributed by atoms with E-state index in [-0.39, 0.29) is 24.5 Å². The zero-order valence-corrected chi connectivity index (χ0v) is 17.6. The topological polar surface area (TPSA) is 65.1 Å². The number of fused-ring (bicyclic) bond motifs is 1. The summed E-state index contributed by atoms with van der Waals surface area (Å²) in [7, 11) is 1.62. The van der Waals surface area contributed by atoms with Gasteiger partial charge >= 0.3 is 5.97 Å². The standard InChI is InChI=1S/C25H25NO5/c1-16(18-8-10-19(29-2)11-9-18)26-15-25-13-12-20(31-25)21(22(25)23(26)27)24(28)30-14-17-6-4-3-5-7-17/h3-13,16,20-22H,14-15H2,1-2H3/t16-,20-,21-,22+,25-/m1/s1. The van der Waals surface area contributed by atoms with Crippen molar-refractivity contribution in [2.45, 2.75) is 31.3 Å². The van der Waals surface area contributed by atoms with E-state index in [1.807, 2.05) is 78.6 Å². The van der Waals surface area contributed by atoms with E-state index < -0.39 is 23.5 Å². The molecule has 2 aromatic carbocycles. The van der Waals surface area contributed by atoms with Crippen molar-refractivity contribution in [3.05, 3.63) is 77.9 Å². The molecule has 3 aliphatic rings. The summed E-state index contributed by atoms with van der Waals surface area (Å²) >= 11 is 0. The number of esters is 1. The second-order valence-corrected chi connectivity index (χ2v) is 8.41. The minimum absolute atomic E-state index is 0.0585. The molecule has 6 nitrogen and oxygen atoms in total. The fraction of sp³-hybridized carbons (Fsp3) is 0.360. The van der Waals surface area contributed by atoms with Crippen LogP contribution in [0.4, 0.5) is 0 Å². The number of ether oxygens (including phenoxy) is 3. The molecule has 5 atom stereocenters. The highest BCUT2D eigenvalue weighted by Gasteiger charge is 2.67. The molecule has 1 amide bonds. The Balaban J connectivity index is 1.34. The van der Waals surface area contributed by atoms with Gasteiger partial charge < -0.3 is 19.1 Å². The van der Waals surface area contributed by atoms with Crippen LogP contribution in [0.3, 0.4) is 0 Å². The third kappa shape index (κ3) is 3.22. The number of methoxy groups -OCH3 is 1. The van der Waals surface area contributed by atoms with Crippen LogP contribution in [0.15, 0.2) is 66.7 Å². The summed E-state index contributed by atoms with van der Waals surface area (Å²) in [6.45, 7) is 2.61. The van der Waals surface area contributed by atoms with Crippen LogP contribution in [0.1, 0.15) is 24.1 Å². The van der Waals surface area contributed by atoms with E-state index in [4.69, 9.17) is 14.2 Å². The van der Waals surface area contributed by atoms with Crippen molar-refractivity contribution in [1.29, 1.82) is 0 Å². The van der Waals surface area contributed by atoms with E-state index in [0.717, 1.165) is 16.9 Å². The third-order valence-corrected chi connectivity index (χ3v) is 6.69. The first-order valence-electron chi connectivity index (χ1n) is 10.5. The number of amides is 1. The van der Waals surface area contributed by atoms with Crippen LogP contribution < -0.4 is 4.74 Å². The van der Waals surface area contributed by atoms with Gasteiger partial charge in [0.25, 0.3) is 0 Å². The molecule has 0 N–H and O–H groups in total. The summed E-state index contributed by atoms with van der Waals surface area (Å²) in [6, 6.07) is 17.1. The van der Waals surface area contributed by atoms with Crippen molar-refractivity contribution in [2.24, 2.45) is 11.8 Å². The van der Waals surface area contributed by atoms with E-state index in [2.05, 4.69) is 0 Å². The molecular formula is C25H25NO5. The summed E-state index contributed by atoms with van der Waals surface area (Å²) in [6.07, 6.45) is 3.46. The molecule has 31 heavy (non-hydrogen) atoms. The predicted octanol–water partition coefficient (Wildman–Crippen LogP) is 3.28. The van der Waals surface area contributed by atoms with Crippen molar-refractivity contribution >= 4 is 11.9 Å². The molecule has 2 bridgehead atoms. The van der Waals surface area contributed by atoms with Gasteiger partial charge in [0.1, 0.15) is 23.9 Å². The van der Waals surface area contributed by atoms with Crippen molar-refractivity contribution < 1.29 is 23.8 Å². The zero-order valence-electron chi connectivity index (χ0n) is 17.6. The fourth-order valence-corrected chi connectivity index (χ4v) is 5.01. The highest BCUT2D eigenvalue weighted by Crippen LogP contribution is 2.53. The lowest BCUT2D eigenvalue weighted by Crippen LogP contribution is -2.40. The van der Waals surface area contributed by atoms with Gasteiger partial charge in [-0.1, -0.05) is 54.6 Å². The van der Waals surface area contributed by atoms with Crippen molar-refractivity contribution in [2.75, 3.05) is 13.7 Å². The number of likely N-dealkylation sites (tertiary alicyclic amines) is 1. The van der Waals surface area contributed by atoms with Crippen LogP contribution in [0.5, 0.6) is 5.75 Å². The van der Waals surface area contributed by atoms with Gasteiger partial charge in [-0.3, -0.25) is 9.59 Å². The minimum atomic E-state index is -0.751. The van der Waals surface area contributed by atoms with Crippen LogP contribution in [0, 0.1) is 11.8 Å². The monoisotopic (exact) mass is 419 g/mol. The molecule has 3 heterocycles. The highest BCUT2D eigenvalue weighted by molar-refractivity contribution is 5.91. The van der Waals surface area contributed by atoms with Gasteiger partial charge in [-0.2, -0.15) is 0 Å². The SMILES string of the molecule is COc1ccc([C@@H](C)N2C[C@@]34C=C[C@@H](O3)[C@@H](C(=O)OCc3ccccc3)[C@H]4C2=O)cc1. The van der Waals surface area contributed by atoms with Crippen molar-refractivity contribution in [3.63, 3.8) is 0 Å². The largest absolute Gasteiger partial charge is 0.497 e. The lowest BCUT2D eigenvalue weighted by atomic mass is 9.77. The molecule has 5 rings (SSSR count). The van der Waals surface area contributed by atoms with Gasteiger partial charge in [0.05, 0.1) is 31.7 Å². The number of benzene rings is 2. The summed E-state index contributed by atoms with van der Waals surface area (Å²) in [5.74, 6) is -0.833. The van der Waals surface area contributed by atoms with E-state index in [0.29, 0.717) is 6.54 Å². The number of carbonyl (C=O) groups is 2. The molecule has 2 saturated heterocycles. The van der Waals surface area contributed by atoms with Crippen molar-refractivity contribution in [1.82, 2.24) is 4.90 Å². The number of hydrogen-bond donors (Lipinski definition) is 0. The molecule has 1 spiro atoms. The molecule has 0 aliphatic carbocycles. The highest BCUT2D eigenvalue weighted by atomic mass is 16.6. The van der Waals surface area contributed by atoms with E-state index in [1.165, 1.54) is 0 Å². The second kappa shape index (κ2) is 7.54. The number of carbonyl (C=O) groups excluding carboxylic acids is 2. The molecular weight excluding hydrogens is 394 g/mol. The van der Waals surface area contributed by atoms with Gasteiger partial charge in [0.15, 0.2) is 0 Å². The van der Waals surface area contributed by atoms with Crippen LogP contribution >= 0.6 is 0 Å². The van der Waals surface area contributed by atoms with Crippen LogP contribution in [0.25, 0.3) is 0 Å². The third-order valence-electron chi connectivity index (χ3n) is 6.69. The zero-order chi connectivity index (χ0) is 21.6. The predicted molar refractivity (Wildman–Crippen MR) is 113 cm³/mol. The molecule has 0 radical (unpaired) electrons. The molecule has 0 unspecified atom stereocenters. The Morgan fingerprint density at radius 3 is 2.65 bits per heavy atom. The Hall–Kier alpha value is -3.12. The fourth-order valence-electron chi connectivity index (χ4n) is 5.01. The first-order chi connectivity index (χ1) is 15.0. The van der Waals surface area contributed by atoms with Crippen LogP contribution in [-0.2, 0) is 25.7 Å². The molecule has 2 aromatic rings. The molecule has 2 fully saturated rings. The Morgan fingerprint density at radius 1 is 1.19 bits per heavy atom. The van der Waals surface area contributed by atoms with E-state index >= 15 is 0 Å². The first kappa shape index (κ1) is 19.8. The Kier molecular flexibility index (Phi) is 4.82. The molecule has 6 heteroatoms. The van der Waals surface area contributed by atoms with Gasteiger partial charge in [-0.05, 0) is 30.2 Å². The van der Waals surface area contributed by atoms with Crippen LogP contribution in [0.2, 0.25) is 0 Å². The summed E-state index contributed by atoms with van der Waals surface area (Å²) < 4.78 is 17.0. The smallest absolute Gasteiger partial charge is 0.313 e. The van der Waals surface area contributed by atoms with E-state index in [1.54, 1.807) is 7.11 Å². The van der Waals surface area contributed by atoms with Crippen LogP contribution in [-0.4, -0.2) is 42.1 Å². The molecule has 0 aromatic heterocycles. The maximum atomic E-state index is 13.5. The maximum Gasteiger partial charge on any atom is 0.313 e. The van der Waals surface area contributed by atoms with E-state index in [9.17, 15) is 9.59 Å². The summed E-state index contributed by atoms with van der Waals surface area (Å²) in [5, 5.41) is 0. The lowest BCUT2D eigenvalue weighted by Gasteiger charge is -2.27. The normalized spacial score (nSPS) is 29.2. The Bertz CT molecular complexity index is 1020. The average molecular weight is 419 g/mol. The number of hydrogen-bond acceptors (Lipinski definition) is 5. The van der Waals surface area contributed by atoms with Gasteiger partial charge in [-0.25, -0.2) is 0 Å². The van der Waals surface area contributed by atoms with Gasteiger partial charge in [0.2, 0.25) is 5.91 Å². The number of rotatable bonds is 6. The van der Waals surface area contributed by atoms with Crippen molar-refractivity contribution in [3.8, 4) is 5.75 Å². The lowest BCUT2D eigenvalue weighted by molar-refractivity contribution is -0.155. The Morgan fingerprint density at radius 2 is 1.94 bits per heavy atom. The maximum absolute atomic E-state index is 13.5. The quantitative estimate of drug-likeness (QED) is 0.531. The Labute approximate surface area is 181 Å². The summed E-state index contributed by atoms with van der Waals surface area (Å²) in [5.41, 5.74) is 1.17. The van der Waals surface area contributed by atoms with Gasteiger partial charge in [-0.15, -0.1) is 0 Å². The second-order valence-electron chi connectivity index (χ2n) is 8.41. The number of nitrogens with zero attached hydrogens (tertiary/aromatic N) is 1. The minimum Gasteiger partial charge on any atom is -0.497 e. The average Bonchev–Trinajstić information content (AvgIpc) is 3.46. The molecule has 3 aliphatic heterocycles. The summed E-state index contributed by atoms with van der Waals surface area (Å²) in [4.78, 5) is 28.3. The molecule has 0 saturated carbocycles. The molecule has 160 valence electrons. The van der Waals surface area contributed by atoms with Gasteiger partial charge in [0, 0.05) is 0 Å². The first-order valence-corrected chi connectivity index (χ1v) is 10.5.